The van der Waals surface area contributed by atoms with Crippen LogP contribution in [-0.4, -0.2) is 36.5 Å². The van der Waals surface area contributed by atoms with Gasteiger partial charge in [-0.3, -0.25) is 4.79 Å². The van der Waals surface area contributed by atoms with E-state index in [1.807, 2.05) is 6.07 Å². The van der Waals surface area contributed by atoms with E-state index < -0.39 is 18.5 Å². The number of benzene rings is 1. The van der Waals surface area contributed by atoms with Gasteiger partial charge in [0.2, 0.25) is 0 Å². The first-order valence-corrected chi connectivity index (χ1v) is 10.6. The highest BCUT2D eigenvalue weighted by molar-refractivity contribution is 5.84. The molecule has 0 aliphatic heterocycles. The van der Waals surface area contributed by atoms with Crippen molar-refractivity contribution in [1.82, 2.24) is 0 Å². The third-order valence-electron chi connectivity index (χ3n) is 5.45. The third kappa shape index (κ3) is 6.66. The number of esters is 1. The van der Waals surface area contributed by atoms with Crippen LogP contribution in [0.15, 0.2) is 60.4 Å². The summed E-state index contributed by atoms with van der Waals surface area (Å²) in [5.74, 6) is -1.42. The van der Waals surface area contributed by atoms with Crippen molar-refractivity contribution in [3.63, 3.8) is 0 Å². The molecule has 4 atom stereocenters. The lowest BCUT2D eigenvalue weighted by atomic mass is 9.87. The Labute approximate surface area is 184 Å². The highest BCUT2D eigenvalue weighted by atomic mass is 16.8. The van der Waals surface area contributed by atoms with E-state index in [1.165, 1.54) is 7.11 Å². The van der Waals surface area contributed by atoms with Crippen molar-refractivity contribution in [2.45, 2.75) is 45.3 Å². The molecule has 1 unspecified atom stereocenters. The number of allylic oxidation sites excluding steroid dienone is 2. The Morgan fingerprint density at radius 3 is 2.68 bits per heavy atom. The second kappa shape index (κ2) is 12.3. The van der Waals surface area contributed by atoms with Gasteiger partial charge in [0.05, 0.1) is 13.5 Å². The SMILES string of the molecule is CC/C=C/[C@H]1[C@H](C)CC(=O)[C@@H]1CC=C=CCC(OC[16OH])(Oc1ccccc1)C(=O)OC. The van der Waals surface area contributed by atoms with Crippen molar-refractivity contribution in [3.05, 3.63) is 60.4 Å². The zero-order chi connectivity index (χ0) is 22.7. The standard InChI is InChI=1S/C25H32O6/c1-4-5-14-21-19(2)17-23(27)22(21)15-10-7-11-16-25(30-18-26,24(28)29-3)31-20-12-8-6-9-13-20/h5-6,8-14,19,21-22,26H,4,15-18H2,1-3H3/b14-5+/t7?,19-,21+,22-,25?/m1/s1/i26+0. The Balaban J connectivity index is 2.14. The molecule has 0 amide bonds. The van der Waals surface area contributed by atoms with E-state index in [1.54, 1.807) is 36.4 Å². The van der Waals surface area contributed by atoms with Crippen molar-refractivity contribution < 1.29 is 28.9 Å². The third-order valence-corrected chi connectivity index (χ3v) is 5.45. The first-order valence-electron chi connectivity index (χ1n) is 10.6. The molecule has 1 fully saturated rings. The van der Waals surface area contributed by atoms with Crippen molar-refractivity contribution >= 4 is 11.8 Å². The molecule has 6 heteroatoms. The van der Waals surface area contributed by atoms with E-state index in [4.69, 9.17) is 14.2 Å². The number of hydrogen-bond acceptors (Lipinski definition) is 6. The normalized spacial score (nSPS) is 22.6. The minimum absolute atomic E-state index is 0.0280. The van der Waals surface area contributed by atoms with Gasteiger partial charge in [-0.15, -0.1) is 5.73 Å². The number of carbonyl (C=O) groups is 2. The Morgan fingerprint density at radius 2 is 2.03 bits per heavy atom. The van der Waals surface area contributed by atoms with E-state index in [9.17, 15) is 14.7 Å². The number of para-hydroxylation sites is 1. The Bertz CT molecular complexity index is 809. The zero-order valence-corrected chi connectivity index (χ0v) is 18.5. The molecule has 0 aromatic heterocycles. The molecule has 1 saturated carbocycles. The molecule has 1 N–H and O–H groups in total. The van der Waals surface area contributed by atoms with Gasteiger partial charge < -0.3 is 19.3 Å². The van der Waals surface area contributed by atoms with Gasteiger partial charge in [0.25, 0.3) is 0 Å². The monoisotopic (exact) mass is 428 g/mol. The van der Waals surface area contributed by atoms with Gasteiger partial charge in [0.15, 0.2) is 0 Å². The molecule has 0 radical (unpaired) electrons. The number of rotatable bonds is 11. The summed E-state index contributed by atoms with van der Waals surface area (Å²) in [5.41, 5.74) is 3.03. The predicted octanol–water partition coefficient (Wildman–Crippen LogP) is 4.20. The molecule has 2 rings (SSSR count). The fourth-order valence-corrected chi connectivity index (χ4v) is 3.85. The molecule has 0 bridgehead atoms. The first-order chi connectivity index (χ1) is 15.0. The largest absolute Gasteiger partial charge is 0.464 e. The average Bonchev–Trinajstić information content (AvgIpc) is 3.04. The van der Waals surface area contributed by atoms with Gasteiger partial charge >= 0.3 is 11.8 Å². The lowest BCUT2D eigenvalue weighted by Gasteiger charge is -2.29. The molecule has 168 valence electrons. The van der Waals surface area contributed by atoms with Crippen LogP contribution in [0.4, 0.5) is 0 Å². The summed E-state index contributed by atoms with van der Waals surface area (Å²) in [6, 6.07) is 8.68. The summed E-state index contributed by atoms with van der Waals surface area (Å²) < 4.78 is 15.9. The van der Waals surface area contributed by atoms with Gasteiger partial charge in [-0.2, -0.15) is 0 Å². The lowest BCUT2D eigenvalue weighted by Crippen LogP contribution is -2.48. The van der Waals surface area contributed by atoms with Crippen LogP contribution >= 0.6 is 0 Å². The highest BCUT2D eigenvalue weighted by Gasteiger charge is 2.43. The van der Waals surface area contributed by atoms with E-state index >= 15 is 0 Å². The summed E-state index contributed by atoms with van der Waals surface area (Å²) in [5, 5.41) is 9.33. The van der Waals surface area contributed by atoms with Crippen LogP contribution in [0.3, 0.4) is 0 Å². The first kappa shape index (κ1) is 24.6. The summed E-state index contributed by atoms with van der Waals surface area (Å²) in [4.78, 5) is 24.8. The van der Waals surface area contributed by atoms with Gasteiger partial charge in [-0.05, 0) is 49.0 Å². The number of Topliss-reactive ketones (excluding diaryl/α,β-unsaturated/α-hetero) is 1. The topological polar surface area (TPSA) is 82.1 Å². The van der Waals surface area contributed by atoms with Crippen molar-refractivity contribution in [2.75, 3.05) is 13.9 Å². The van der Waals surface area contributed by atoms with Crippen LogP contribution in [0, 0.1) is 17.8 Å². The molecule has 31 heavy (non-hydrogen) atoms. The van der Waals surface area contributed by atoms with Crippen LogP contribution < -0.4 is 4.74 Å². The number of aliphatic hydroxyl groups is 1. The van der Waals surface area contributed by atoms with Crippen molar-refractivity contribution in [1.29, 1.82) is 0 Å². The molecule has 1 aromatic carbocycles. The van der Waals surface area contributed by atoms with E-state index in [-0.39, 0.29) is 24.0 Å². The van der Waals surface area contributed by atoms with Gasteiger partial charge in [0, 0.05) is 12.3 Å². The molecule has 1 aromatic rings. The van der Waals surface area contributed by atoms with E-state index in [2.05, 4.69) is 31.7 Å². The van der Waals surface area contributed by atoms with Gasteiger partial charge in [-0.1, -0.05) is 44.2 Å². The van der Waals surface area contributed by atoms with Gasteiger partial charge in [0.1, 0.15) is 18.3 Å². The molecular weight excluding hydrogens is 396 g/mol. The molecule has 0 heterocycles. The molecule has 6 nitrogen and oxygen atoms in total. The molecule has 0 saturated heterocycles. The molecule has 1 aliphatic rings. The summed E-state index contributed by atoms with van der Waals surface area (Å²) >= 11 is 0. The second-order valence-electron chi connectivity index (χ2n) is 7.62. The molecule has 0 spiro atoms. The van der Waals surface area contributed by atoms with E-state index in [0.717, 1.165) is 6.42 Å². The number of ether oxygens (including phenoxy) is 3. The van der Waals surface area contributed by atoms with Crippen LogP contribution in [-0.2, 0) is 19.1 Å². The van der Waals surface area contributed by atoms with Crippen LogP contribution in [0.5, 0.6) is 5.75 Å². The Kier molecular flexibility index (Phi) is 9.73. The maximum atomic E-state index is 12.4. The fourth-order valence-electron chi connectivity index (χ4n) is 3.85. The minimum atomic E-state index is -1.84. The van der Waals surface area contributed by atoms with Crippen LogP contribution in [0.1, 0.15) is 39.5 Å². The number of carbonyl (C=O) groups excluding carboxylic acids is 2. The lowest BCUT2D eigenvalue weighted by molar-refractivity contribution is -0.233. The van der Waals surface area contributed by atoms with Crippen molar-refractivity contribution in [3.8, 4) is 5.75 Å². The number of aliphatic hydroxyl groups excluding tert-OH is 1. The second-order valence-corrected chi connectivity index (χ2v) is 7.62. The maximum absolute atomic E-state index is 12.4. The average molecular weight is 429 g/mol. The molecular formula is C25H32O6. The van der Waals surface area contributed by atoms with Gasteiger partial charge in [-0.25, -0.2) is 4.79 Å². The number of ketones is 1. The Morgan fingerprint density at radius 1 is 1.29 bits per heavy atom. The van der Waals surface area contributed by atoms with Crippen LogP contribution in [0.2, 0.25) is 0 Å². The summed E-state index contributed by atoms with van der Waals surface area (Å²) in [7, 11) is 1.22. The number of methoxy groups -OCH3 is 1. The maximum Gasteiger partial charge on any atom is 0.379 e. The van der Waals surface area contributed by atoms with Crippen LogP contribution in [0.25, 0.3) is 0 Å². The number of hydrogen-bond donors (Lipinski definition) is 1. The summed E-state index contributed by atoms with van der Waals surface area (Å²) in [6.07, 6.45) is 9.76. The molecule has 1 aliphatic carbocycles. The predicted molar refractivity (Wildman–Crippen MR) is 117 cm³/mol. The minimum Gasteiger partial charge on any atom is -0.464 e. The smallest absolute Gasteiger partial charge is 0.379 e. The van der Waals surface area contributed by atoms with E-state index in [0.29, 0.717) is 24.5 Å². The Hall–Kier alpha value is -2.66. The van der Waals surface area contributed by atoms with Crippen molar-refractivity contribution in [2.24, 2.45) is 17.8 Å². The highest BCUT2D eigenvalue weighted by Crippen LogP contribution is 2.37. The summed E-state index contributed by atoms with van der Waals surface area (Å²) in [6.45, 7) is 3.47. The fraction of sp³-hybridized carbons (Fsp3) is 0.480. The zero-order valence-electron chi connectivity index (χ0n) is 18.5. The quantitative estimate of drug-likeness (QED) is 0.246.